The summed E-state index contributed by atoms with van der Waals surface area (Å²) in [5, 5.41) is 4.65. The monoisotopic (exact) mass is 242 g/mol. The molecule has 6 heteroatoms. The van der Waals surface area contributed by atoms with Crippen LogP contribution in [0, 0.1) is 5.92 Å². The fourth-order valence-electron chi connectivity index (χ4n) is 1.99. The Morgan fingerprint density at radius 2 is 2.12 bits per heavy atom. The van der Waals surface area contributed by atoms with Crippen LogP contribution in [0.1, 0.15) is 20.3 Å². The van der Waals surface area contributed by atoms with Crippen molar-refractivity contribution in [2.24, 2.45) is 11.7 Å². The van der Waals surface area contributed by atoms with Crippen molar-refractivity contribution in [3.8, 4) is 0 Å². The number of imide groups is 1. The minimum Gasteiger partial charge on any atom is -0.341 e. The van der Waals surface area contributed by atoms with Gasteiger partial charge in [-0.25, -0.2) is 4.79 Å². The maximum atomic E-state index is 11.8. The molecule has 0 saturated carbocycles. The first-order valence-corrected chi connectivity index (χ1v) is 5.98. The molecule has 6 nitrogen and oxygen atoms in total. The van der Waals surface area contributed by atoms with Crippen molar-refractivity contribution >= 4 is 11.9 Å². The van der Waals surface area contributed by atoms with Crippen LogP contribution in [-0.4, -0.2) is 49.1 Å². The maximum Gasteiger partial charge on any atom is 0.321 e. The summed E-state index contributed by atoms with van der Waals surface area (Å²) in [4.78, 5) is 24.9. The first kappa shape index (κ1) is 13.9. The molecule has 0 bridgehead atoms. The number of hydrogen-bond donors (Lipinski definition) is 3. The van der Waals surface area contributed by atoms with Gasteiger partial charge in [0.1, 0.15) is 0 Å². The van der Waals surface area contributed by atoms with E-state index in [2.05, 4.69) is 22.5 Å². The lowest BCUT2D eigenvalue weighted by Gasteiger charge is -2.37. The van der Waals surface area contributed by atoms with E-state index >= 15 is 0 Å². The standard InChI is InChI=1S/C11H22N4O2/c1-7-6-15(5-4-9(7)12)8(2)10(16)14-11(17)13-3/h7-9H,4-6,12H2,1-3H3,(H2,13,14,16,17). The number of piperidine rings is 1. The number of urea groups is 1. The third-order valence-electron chi connectivity index (χ3n) is 3.39. The van der Waals surface area contributed by atoms with E-state index in [1.54, 1.807) is 0 Å². The lowest BCUT2D eigenvalue weighted by atomic mass is 9.94. The van der Waals surface area contributed by atoms with Gasteiger partial charge < -0.3 is 11.1 Å². The summed E-state index contributed by atoms with van der Waals surface area (Å²) in [5.41, 5.74) is 5.93. The number of nitrogens with zero attached hydrogens (tertiary/aromatic N) is 1. The van der Waals surface area contributed by atoms with Gasteiger partial charge in [-0.15, -0.1) is 0 Å². The Balaban J connectivity index is 2.49. The zero-order valence-electron chi connectivity index (χ0n) is 10.7. The molecular formula is C11H22N4O2. The van der Waals surface area contributed by atoms with Gasteiger partial charge in [-0.05, 0) is 19.3 Å². The van der Waals surface area contributed by atoms with Gasteiger partial charge in [-0.3, -0.25) is 15.0 Å². The average Bonchev–Trinajstić information content (AvgIpc) is 2.31. The van der Waals surface area contributed by atoms with E-state index in [-0.39, 0.29) is 18.0 Å². The molecular weight excluding hydrogens is 220 g/mol. The van der Waals surface area contributed by atoms with E-state index in [4.69, 9.17) is 5.73 Å². The molecule has 3 unspecified atom stereocenters. The summed E-state index contributed by atoms with van der Waals surface area (Å²) >= 11 is 0. The van der Waals surface area contributed by atoms with Gasteiger partial charge in [0, 0.05) is 26.2 Å². The quantitative estimate of drug-likeness (QED) is 0.609. The number of nitrogens with one attached hydrogen (secondary N) is 2. The molecule has 0 aromatic rings. The number of likely N-dealkylation sites (tertiary alicyclic amines) is 1. The molecule has 0 radical (unpaired) electrons. The number of amides is 3. The topological polar surface area (TPSA) is 87.5 Å². The molecule has 0 spiro atoms. The van der Waals surface area contributed by atoms with Gasteiger partial charge in [0.25, 0.3) is 0 Å². The predicted molar refractivity (Wildman–Crippen MR) is 65.4 cm³/mol. The molecule has 0 aliphatic carbocycles. The second kappa shape index (κ2) is 5.97. The van der Waals surface area contributed by atoms with E-state index in [0.29, 0.717) is 5.92 Å². The lowest BCUT2D eigenvalue weighted by molar-refractivity contribution is -0.125. The SMILES string of the molecule is CNC(=O)NC(=O)C(C)N1CCC(N)C(C)C1. The summed E-state index contributed by atoms with van der Waals surface area (Å²) in [7, 11) is 1.48. The van der Waals surface area contributed by atoms with E-state index in [1.807, 2.05) is 6.92 Å². The molecule has 0 aromatic heterocycles. The van der Waals surface area contributed by atoms with Crippen molar-refractivity contribution in [2.45, 2.75) is 32.4 Å². The first-order valence-electron chi connectivity index (χ1n) is 5.98. The number of carbonyl (C=O) groups is 2. The molecule has 1 aliphatic heterocycles. The highest BCUT2D eigenvalue weighted by molar-refractivity contribution is 5.96. The van der Waals surface area contributed by atoms with Crippen LogP contribution < -0.4 is 16.4 Å². The van der Waals surface area contributed by atoms with Crippen molar-refractivity contribution in [3.63, 3.8) is 0 Å². The normalized spacial score (nSPS) is 27.3. The van der Waals surface area contributed by atoms with E-state index in [0.717, 1.165) is 19.5 Å². The van der Waals surface area contributed by atoms with E-state index in [1.165, 1.54) is 7.05 Å². The molecule has 3 amide bonds. The summed E-state index contributed by atoms with van der Waals surface area (Å²) in [6.07, 6.45) is 0.888. The maximum absolute atomic E-state index is 11.8. The Morgan fingerprint density at radius 1 is 1.47 bits per heavy atom. The minimum absolute atomic E-state index is 0.209. The van der Waals surface area contributed by atoms with Crippen LogP contribution in [0.5, 0.6) is 0 Å². The molecule has 1 aliphatic rings. The molecule has 98 valence electrons. The Bertz CT molecular complexity index is 295. The fraction of sp³-hybridized carbons (Fsp3) is 0.818. The highest BCUT2D eigenvalue weighted by atomic mass is 16.2. The van der Waals surface area contributed by atoms with Crippen molar-refractivity contribution in [2.75, 3.05) is 20.1 Å². The van der Waals surface area contributed by atoms with Crippen molar-refractivity contribution in [1.29, 1.82) is 0 Å². The molecule has 1 rings (SSSR count). The Labute approximate surface area is 102 Å². The van der Waals surface area contributed by atoms with E-state index in [9.17, 15) is 9.59 Å². The highest BCUT2D eigenvalue weighted by Crippen LogP contribution is 2.17. The first-order chi connectivity index (χ1) is 7.95. The number of rotatable bonds is 2. The summed E-state index contributed by atoms with van der Waals surface area (Å²) in [6.45, 7) is 5.49. The van der Waals surface area contributed by atoms with Crippen LogP contribution in [0.15, 0.2) is 0 Å². The van der Waals surface area contributed by atoms with Crippen LogP contribution in [0.25, 0.3) is 0 Å². The van der Waals surface area contributed by atoms with Gasteiger partial charge in [0.15, 0.2) is 0 Å². The largest absolute Gasteiger partial charge is 0.341 e. The van der Waals surface area contributed by atoms with Crippen molar-refractivity contribution in [3.05, 3.63) is 0 Å². The fourth-order valence-corrected chi connectivity index (χ4v) is 1.99. The third kappa shape index (κ3) is 3.67. The minimum atomic E-state index is -0.469. The van der Waals surface area contributed by atoms with Gasteiger partial charge in [-0.1, -0.05) is 6.92 Å². The number of hydrogen-bond acceptors (Lipinski definition) is 4. The lowest BCUT2D eigenvalue weighted by Crippen LogP contribution is -2.54. The zero-order valence-corrected chi connectivity index (χ0v) is 10.7. The third-order valence-corrected chi connectivity index (χ3v) is 3.39. The van der Waals surface area contributed by atoms with Crippen molar-refractivity contribution in [1.82, 2.24) is 15.5 Å². The van der Waals surface area contributed by atoms with E-state index < -0.39 is 6.03 Å². The number of carbonyl (C=O) groups excluding carboxylic acids is 2. The van der Waals surface area contributed by atoms with Gasteiger partial charge in [0.2, 0.25) is 5.91 Å². The second-order valence-corrected chi connectivity index (χ2v) is 4.67. The highest BCUT2D eigenvalue weighted by Gasteiger charge is 2.29. The summed E-state index contributed by atoms with van der Waals surface area (Å²) < 4.78 is 0. The Kier molecular flexibility index (Phi) is 4.89. The Morgan fingerprint density at radius 3 is 2.65 bits per heavy atom. The van der Waals surface area contributed by atoms with Gasteiger partial charge in [-0.2, -0.15) is 0 Å². The Hall–Kier alpha value is -1.14. The van der Waals surface area contributed by atoms with Crippen LogP contribution in [-0.2, 0) is 4.79 Å². The second-order valence-electron chi connectivity index (χ2n) is 4.67. The van der Waals surface area contributed by atoms with Gasteiger partial charge in [0.05, 0.1) is 6.04 Å². The van der Waals surface area contributed by atoms with Crippen molar-refractivity contribution < 1.29 is 9.59 Å². The molecule has 1 saturated heterocycles. The smallest absolute Gasteiger partial charge is 0.321 e. The summed E-state index contributed by atoms with van der Waals surface area (Å²) in [5.74, 6) is 0.103. The molecule has 3 atom stereocenters. The average molecular weight is 242 g/mol. The van der Waals surface area contributed by atoms with Crippen LogP contribution >= 0.6 is 0 Å². The molecule has 4 N–H and O–H groups in total. The predicted octanol–water partition coefficient (Wildman–Crippen LogP) is -0.500. The van der Waals surface area contributed by atoms with Crippen LogP contribution in [0.2, 0.25) is 0 Å². The van der Waals surface area contributed by atoms with Crippen LogP contribution in [0.3, 0.4) is 0 Å². The molecule has 0 aromatic carbocycles. The number of nitrogens with two attached hydrogens (primary N) is 1. The van der Waals surface area contributed by atoms with Gasteiger partial charge >= 0.3 is 6.03 Å². The zero-order chi connectivity index (χ0) is 13.0. The molecule has 17 heavy (non-hydrogen) atoms. The molecule has 1 heterocycles. The summed E-state index contributed by atoms with van der Waals surface area (Å²) in [6, 6.07) is -0.564. The molecule has 1 fully saturated rings. The van der Waals surface area contributed by atoms with Crippen LogP contribution in [0.4, 0.5) is 4.79 Å².